The molecule has 0 fully saturated rings. The largest absolute Gasteiger partial charge is 0.354 e. The molecule has 1 unspecified atom stereocenters. The molecule has 1 N–H and O–H groups in total. The molecule has 0 saturated heterocycles. The summed E-state index contributed by atoms with van der Waals surface area (Å²) < 4.78 is 0. The molecule has 1 heterocycles. The average molecular weight is 570 g/mol. The number of allylic oxidation sites excluding steroid dienone is 4. The Morgan fingerprint density at radius 1 is 0.698 bits per heavy atom. The second-order valence-electron chi connectivity index (χ2n) is 12.5. The first-order valence-corrected chi connectivity index (χ1v) is 16.3. The third kappa shape index (κ3) is 9.53. The van der Waals surface area contributed by atoms with Crippen molar-refractivity contribution in [2.75, 3.05) is 0 Å². The Hall–Kier alpha value is -3.94. The highest BCUT2D eigenvalue weighted by Crippen LogP contribution is 2.27. The van der Waals surface area contributed by atoms with E-state index in [1.165, 1.54) is 42.0 Å². The molecule has 0 amide bonds. The lowest BCUT2D eigenvalue weighted by atomic mass is 9.87. The van der Waals surface area contributed by atoms with Crippen LogP contribution in [0.25, 0.3) is 21.8 Å². The van der Waals surface area contributed by atoms with Gasteiger partial charge < -0.3 is 4.98 Å². The van der Waals surface area contributed by atoms with Crippen molar-refractivity contribution in [3.63, 3.8) is 0 Å². The van der Waals surface area contributed by atoms with Crippen LogP contribution < -0.4 is 0 Å². The third-order valence-corrected chi connectivity index (χ3v) is 7.65. The molecule has 0 bridgehead atoms. The third-order valence-electron chi connectivity index (χ3n) is 7.65. The summed E-state index contributed by atoms with van der Waals surface area (Å²) in [5.74, 6) is 14.4. The SMILES string of the molecule is CC.CC(C)C1C=CC(C#Cc2ccc3c(c2)[nH]c2cc(C#Cc4ccc(C(C)(C)C)cc4)ccc23)=C1.CCCCCC. The maximum atomic E-state index is 3.57. The Bertz CT molecular complexity index is 1650. The van der Waals surface area contributed by atoms with Gasteiger partial charge in [-0.25, -0.2) is 0 Å². The molecule has 0 aliphatic heterocycles. The summed E-state index contributed by atoms with van der Waals surface area (Å²) in [7, 11) is 0. The van der Waals surface area contributed by atoms with Crippen LogP contribution in [0.5, 0.6) is 0 Å². The molecular weight excluding hydrogens is 518 g/mol. The van der Waals surface area contributed by atoms with Crippen LogP contribution in [-0.2, 0) is 5.41 Å². The van der Waals surface area contributed by atoms with Crippen molar-refractivity contribution >= 4 is 21.8 Å². The fourth-order valence-electron chi connectivity index (χ4n) is 4.94. The van der Waals surface area contributed by atoms with Crippen molar-refractivity contribution in [3.05, 3.63) is 107 Å². The van der Waals surface area contributed by atoms with Crippen LogP contribution in [0, 0.1) is 35.5 Å². The van der Waals surface area contributed by atoms with E-state index in [0.29, 0.717) is 11.8 Å². The fraction of sp³-hybridized carbons (Fsp3) is 0.381. The predicted octanol–water partition coefficient (Wildman–Crippen LogP) is 11.8. The van der Waals surface area contributed by atoms with E-state index < -0.39 is 0 Å². The number of rotatable bonds is 4. The zero-order valence-electron chi connectivity index (χ0n) is 28.0. The maximum absolute atomic E-state index is 3.57. The number of H-pyrrole nitrogens is 1. The summed E-state index contributed by atoms with van der Waals surface area (Å²) in [6.45, 7) is 19.6. The molecule has 0 spiro atoms. The molecule has 4 aromatic rings. The molecule has 1 aliphatic carbocycles. The van der Waals surface area contributed by atoms with Gasteiger partial charge in [-0.05, 0) is 59.2 Å². The summed E-state index contributed by atoms with van der Waals surface area (Å²) in [5.41, 5.74) is 7.84. The number of hydrogen-bond acceptors (Lipinski definition) is 0. The van der Waals surface area contributed by atoms with Crippen LogP contribution in [0.4, 0.5) is 0 Å². The molecule has 3 aromatic carbocycles. The number of aromatic amines is 1. The summed E-state index contributed by atoms with van der Waals surface area (Å²) in [6, 6.07) is 21.4. The number of hydrogen-bond donors (Lipinski definition) is 1. The van der Waals surface area contributed by atoms with Crippen molar-refractivity contribution < 1.29 is 0 Å². The first-order chi connectivity index (χ1) is 20.7. The van der Waals surface area contributed by atoms with Gasteiger partial charge >= 0.3 is 0 Å². The molecule has 0 radical (unpaired) electrons. The molecule has 1 atom stereocenters. The summed E-state index contributed by atoms with van der Waals surface area (Å²) >= 11 is 0. The zero-order valence-corrected chi connectivity index (χ0v) is 28.0. The van der Waals surface area contributed by atoms with Gasteiger partial charge in [0.15, 0.2) is 0 Å². The normalized spacial score (nSPS) is 13.7. The molecule has 5 rings (SSSR count). The Morgan fingerprint density at radius 2 is 1.19 bits per heavy atom. The minimum atomic E-state index is 0.153. The van der Waals surface area contributed by atoms with Crippen LogP contribution in [0.2, 0.25) is 0 Å². The molecule has 224 valence electrons. The van der Waals surface area contributed by atoms with Gasteiger partial charge in [0.2, 0.25) is 0 Å². The fourth-order valence-corrected chi connectivity index (χ4v) is 4.94. The quantitative estimate of drug-likeness (QED) is 0.186. The van der Waals surface area contributed by atoms with Gasteiger partial charge in [0.25, 0.3) is 0 Å². The highest BCUT2D eigenvalue weighted by atomic mass is 14.7. The van der Waals surface area contributed by atoms with Gasteiger partial charge in [0.05, 0.1) is 0 Å². The number of unbranched alkanes of at least 4 members (excludes halogenated alkanes) is 3. The van der Waals surface area contributed by atoms with E-state index in [1.807, 2.05) is 13.8 Å². The van der Waals surface area contributed by atoms with E-state index in [-0.39, 0.29) is 5.41 Å². The highest BCUT2D eigenvalue weighted by molar-refractivity contribution is 6.07. The van der Waals surface area contributed by atoms with E-state index >= 15 is 0 Å². The summed E-state index contributed by atoms with van der Waals surface area (Å²) in [4.78, 5) is 3.57. The van der Waals surface area contributed by atoms with Gasteiger partial charge in [-0.3, -0.25) is 0 Å². The number of benzene rings is 3. The van der Waals surface area contributed by atoms with Crippen LogP contribution >= 0.6 is 0 Å². The standard InChI is InChI=1S/C34H31N.C6H14.C2H6/c1-23(2)28-15-10-25(20-28)8-9-27-14-19-31-30-18-13-26(21-32(30)35-33(31)22-27)7-6-24-11-16-29(17-12-24)34(3,4)5;1-3-5-6-4-2;1-2/h10-23,28,35H,1-5H3;3-6H2,1-2H3;1-2H3. The predicted molar refractivity (Wildman–Crippen MR) is 191 cm³/mol. The van der Waals surface area contributed by atoms with Crippen LogP contribution in [0.3, 0.4) is 0 Å². The van der Waals surface area contributed by atoms with Crippen LogP contribution in [-0.4, -0.2) is 4.98 Å². The molecule has 1 heteroatoms. The Kier molecular flexibility index (Phi) is 12.5. The van der Waals surface area contributed by atoms with E-state index in [9.17, 15) is 0 Å². The highest BCUT2D eigenvalue weighted by Gasteiger charge is 2.13. The van der Waals surface area contributed by atoms with Crippen LogP contribution in [0.1, 0.15) is 110 Å². The topological polar surface area (TPSA) is 15.8 Å². The number of fused-ring (bicyclic) bond motifs is 3. The average Bonchev–Trinajstić information content (AvgIpc) is 3.63. The number of nitrogens with one attached hydrogen (secondary N) is 1. The second kappa shape index (κ2) is 16.1. The molecular formula is C42H51N. The minimum Gasteiger partial charge on any atom is -0.354 e. The Labute approximate surface area is 261 Å². The van der Waals surface area contributed by atoms with E-state index in [4.69, 9.17) is 0 Å². The molecule has 1 aliphatic rings. The molecule has 0 saturated carbocycles. The van der Waals surface area contributed by atoms with Gasteiger partial charge in [-0.1, -0.05) is 154 Å². The van der Waals surface area contributed by atoms with Crippen molar-refractivity contribution in [2.24, 2.45) is 11.8 Å². The van der Waals surface area contributed by atoms with Gasteiger partial charge in [-0.2, -0.15) is 0 Å². The zero-order chi connectivity index (χ0) is 31.4. The Morgan fingerprint density at radius 3 is 1.65 bits per heavy atom. The first kappa shape index (κ1) is 33.6. The monoisotopic (exact) mass is 569 g/mol. The lowest BCUT2D eigenvalue weighted by Crippen LogP contribution is -2.10. The van der Waals surface area contributed by atoms with E-state index in [0.717, 1.165) is 33.3 Å². The molecule has 43 heavy (non-hydrogen) atoms. The van der Waals surface area contributed by atoms with Crippen molar-refractivity contribution in [1.82, 2.24) is 4.98 Å². The van der Waals surface area contributed by atoms with Gasteiger partial charge in [0.1, 0.15) is 0 Å². The smallest absolute Gasteiger partial charge is 0.0477 e. The van der Waals surface area contributed by atoms with Crippen molar-refractivity contribution in [1.29, 1.82) is 0 Å². The minimum absolute atomic E-state index is 0.153. The maximum Gasteiger partial charge on any atom is 0.0477 e. The second-order valence-corrected chi connectivity index (χ2v) is 12.5. The summed E-state index contributed by atoms with van der Waals surface area (Å²) in [6.07, 6.45) is 12.2. The van der Waals surface area contributed by atoms with E-state index in [2.05, 4.69) is 156 Å². The van der Waals surface area contributed by atoms with Crippen LogP contribution in [0.15, 0.2) is 84.5 Å². The van der Waals surface area contributed by atoms with Crippen molar-refractivity contribution in [3.8, 4) is 23.7 Å². The van der Waals surface area contributed by atoms with Gasteiger partial charge in [0, 0.05) is 44.1 Å². The van der Waals surface area contributed by atoms with Gasteiger partial charge in [-0.15, -0.1) is 0 Å². The lowest BCUT2D eigenvalue weighted by Gasteiger charge is -2.18. The summed E-state index contributed by atoms with van der Waals surface area (Å²) in [5, 5.41) is 2.42. The number of aromatic nitrogens is 1. The Balaban J connectivity index is 0.000000566. The molecule has 1 nitrogen and oxygen atoms in total. The van der Waals surface area contributed by atoms with E-state index in [1.54, 1.807) is 0 Å². The lowest BCUT2D eigenvalue weighted by molar-refractivity contribution is 0.555. The first-order valence-electron chi connectivity index (χ1n) is 16.3. The molecule has 1 aromatic heterocycles. The van der Waals surface area contributed by atoms with Crippen molar-refractivity contribution in [2.45, 2.75) is 93.4 Å².